The van der Waals surface area contributed by atoms with E-state index in [1.807, 2.05) is 54.7 Å². The molecule has 0 saturated heterocycles. The van der Waals surface area contributed by atoms with Gasteiger partial charge in [0.25, 0.3) is 0 Å². The highest BCUT2D eigenvalue weighted by Gasteiger charge is 2.36. The second-order valence-corrected chi connectivity index (χ2v) is 9.94. The van der Waals surface area contributed by atoms with Crippen LogP contribution in [0.1, 0.15) is 57.6 Å². The first-order chi connectivity index (χ1) is 16.3. The van der Waals surface area contributed by atoms with Crippen LogP contribution in [0.5, 0.6) is 17.2 Å². The predicted molar refractivity (Wildman–Crippen MR) is 143 cm³/mol. The normalized spacial score (nSPS) is 17.0. The zero-order valence-electron chi connectivity index (χ0n) is 20.6. The molecule has 1 atom stereocenters. The van der Waals surface area contributed by atoms with Crippen molar-refractivity contribution in [2.75, 3.05) is 18.6 Å². The van der Waals surface area contributed by atoms with Crippen LogP contribution in [0, 0.1) is 0 Å². The maximum absolute atomic E-state index is 6.72. The second kappa shape index (κ2) is 10.1. The highest BCUT2D eigenvalue weighted by molar-refractivity contribution is 6.33. The molecule has 0 spiro atoms. The van der Waals surface area contributed by atoms with E-state index in [2.05, 4.69) is 49.7 Å². The van der Waals surface area contributed by atoms with Crippen LogP contribution in [-0.2, 0) is 0 Å². The van der Waals surface area contributed by atoms with E-state index in [1.54, 1.807) is 7.11 Å². The number of halogens is 1. The molecule has 0 aliphatic carbocycles. The van der Waals surface area contributed by atoms with Gasteiger partial charge in [-0.05, 0) is 98.8 Å². The standard InChI is InChI=1S/C29H33ClN2O2/c1-6-15-32-28-17-27(30)21(16-26(28)20(2)18-29(32,3)4)19-31-22-7-9-24(10-8-22)34-25-13-11-23(33-5)12-14-25/h7-14,16-17,19-20H,6,15,18H2,1-5H3. The first-order valence-corrected chi connectivity index (χ1v) is 12.3. The number of benzene rings is 3. The van der Waals surface area contributed by atoms with Gasteiger partial charge < -0.3 is 14.4 Å². The first kappa shape index (κ1) is 24.2. The molecule has 34 heavy (non-hydrogen) atoms. The molecule has 4 nitrogen and oxygen atoms in total. The number of anilines is 1. The van der Waals surface area contributed by atoms with Gasteiger partial charge in [-0.15, -0.1) is 0 Å². The molecule has 0 amide bonds. The molecule has 0 N–H and O–H groups in total. The molecule has 3 aromatic rings. The maximum Gasteiger partial charge on any atom is 0.127 e. The molecule has 178 valence electrons. The molecule has 4 rings (SSSR count). The Morgan fingerprint density at radius 1 is 1.03 bits per heavy atom. The molecule has 0 aromatic heterocycles. The number of hydrogen-bond acceptors (Lipinski definition) is 4. The van der Waals surface area contributed by atoms with Gasteiger partial charge in [-0.1, -0.05) is 25.4 Å². The van der Waals surface area contributed by atoms with E-state index in [0.29, 0.717) is 5.92 Å². The predicted octanol–water partition coefficient (Wildman–Crippen LogP) is 8.39. The number of ether oxygens (including phenoxy) is 2. The number of aliphatic imine (C=N–C) groups is 1. The lowest BCUT2D eigenvalue weighted by atomic mass is 9.79. The zero-order valence-corrected chi connectivity index (χ0v) is 21.4. The van der Waals surface area contributed by atoms with E-state index in [1.165, 1.54) is 11.3 Å². The van der Waals surface area contributed by atoms with Gasteiger partial charge in [0, 0.05) is 29.5 Å². The molecule has 0 saturated carbocycles. The average molecular weight is 477 g/mol. The third kappa shape index (κ3) is 5.23. The largest absolute Gasteiger partial charge is 0.497 e. The van der Waals surface area contributed by atoms with E-state index in [4.69, 9.17) is 21.1 Å². The molecule has 1 unspecified atom stereocenters. The fourth-order valence-electron chi connectivity index (χ4n) is 4.79. The van der Waals surface area contributed by atoms with Gasteiger partial charge in [-0.25, -0.2) is 0 Å². The summed E-state index contributed by atoms with van der Waals surface area (Å²) in [6.07, 6.45) is 4.09. The van der Waals surface area contributed by atoms with E-state index in [0.717, 1.165) is 52.9 Å². The molecule has 5 heteroatoms. The van der Waals surface area contributed by atoms with Crippen molar-refractivity contribution in [3.05, 3.63) is 76.8 Å². The number of fused-ring (bicyclic) bond motifs is 1. The smallest absolute Gasteiger partial charge is 0.127 e. The lowest BCUT2D eigenvalue weighted by Gasteiger charge is -2.47. The number of nitrogens with zero attached hydrogens (tertiary/aromatic N) is 2. The SMILES string of the molecule is CCCN1c2cc(Cl)c(C=Nc3ccc(Oc4ccc(OC)cc4)cc3)cc2C(C)CC1(C)C. The maximum atomic E-state index is 6.72. The number of rotatable bonds is 7. The summed E-state index contributed by atoms with van der Waals surface area (Å²) in [4.78, 5) is 7.18. The van der Waals surface area contributed by atoms with Gasteiger partial charge in [-0.2, -0.15) is 0 Å². The Balaban J connectivity index is 1.52. The van der Waals surface area contributed by atoms with Crippen molar-refractivity contribution in [2.45, 2.75) is 52.0 Å². The molecular formula is C29H33ClN2O2. The summed E-state index contributed by atoms with van der Waals surface area (Å²) < 4.78 is 11.1. The molecule has 1 heterocycles. The summed E-state index contributed by atoms with van der Waals surface area (Å²) in [5, 5.41) is 0.730. The van der Waals surface area contributed by atoms with Crippen LogP contribution < -0.4 is 14.4 Å². The second-order valence-electron chi connectivity index (χ2n) is 9.53. The van der Waals surface area contributed by atoms with Gasteiger partial charge in [0.15, 0.2) is 0 Å². The Morgan fingerprint density at radius 3 is 2.26 bits per heavy atom. The minimum absolute atomic E-state index is 0.122. The van der Waals surface area contributed by atoms with Crippen molar-refractivity contribution in [1.29, 1.82) is 0 Å². The minimum atomic E-state index is 0.122. The summed E-state index contributed by atoms with van der Waals surface area (Å²) in [5.74, 6) is 2.78. The molecule has 1 aliphatic rings. The topological polar surface area (TPSA) is 34.1 Å². The lowest BCUT2D eigenvalue weighted by Crippen LogP contribution is -2.48. The van der Waals surface area contributed by atoms with Crippen molar-refractivity contribution in [2.24, 2.45) is 4.99 Å². The fourth-order valence-corrected chi connectivity index (χ4v) is 5.00. The van der Waals surface area contributed by atoms with Gasteiger partial charge >= 0.3 is 0 Å². The van der Waals surface area contributed by atoms with E-state index >= 15 is 0 Å². The Hall–Kier alpha value is -2.98. The zero-order chi connectivity index (χ0) is 24.3. The van der Waals surface area contributed by atoms with Crippen LogP contribution >= 0.6 is 11.6 Å². The van der Waals surface area contributed by atoms with Gasteiger partial charge in [-0.3, -0.25) is 4.99 Å². The molecule has 0 fully saturated rings. The van der Waals surface area contributed by atoms with Crippen LogP contribution in [-0.4, -0.2) is 25.4 Å². The third-order valence-corrected chi connectivity index (χ3v) is 6.76. The average Bonchev–Trinajstić information content (AvgIpc) is 2.82. The molecule has 3 aromatic carbocycles. The first-order valence-electron chi connectivity index (χ1n) is 11.9. The van der Waals surface area contributed by atoms with Gasteiger partial charge in [0.2, 0.25) is 0 Å². The van der Waals surface area contributed by atoms with Crippen LogP contribution in [0.3, 0.4) is 0 Å². The summed E-state index contributed by atoms with van der Waals surface area (Å²) >= 11 is 6.72. The monoisotopic (exact) mass is 476 g/mol. The molecule has 1 aliphatic heterocycles. The van der Waals surface area contributed by atoms with Gasteiger partial charge in [0.05, 0.1) is 17.8 Å². The Kier molecular flexibility index (Phi) is 7.18. The highest BCUT2D eigenvalue weighted by atomic mass is 35.5. The minimum Gasteiger partial charge on any atom is -0.497 e. The van der Waals surface area contributed by atoms with Crippen LogP contribution in [0.4, 0.5) is 11.4 Å². The summed E-state index contributed by atoms with van der Waals surface area (Å²) in [7, 11) is 1.65. The van der Waals surface area contributed by atoms with Crippen LogP contribution in [0.25, 0.3) is 0 Å². The van der Waals surface area contributed by atoms with Crippen molar-refractivity contribution >= 4 is 29.2 Å². The van der Waals surface area contributed by atoms with Crippen molar-refractivity contribution < 1.29 is 9.47 Å². The molecule has 0 bridgehead atoms. The third-order valence-electron chi connectivity index (χ3n) is 6.44. The lowest BCUT2D eigenvalue weighted by molar-refractivity contribution is 0.376. The van der Waals surface area contributed by atoms with E-state index in [-0.39, 0.29) is 5.54 Å². The Bertz CT molecular complexity index is 1150. The van der Waals surface area contributed by atoms with Crippen molar-refractivity contribution in [1.82, 2.24) is 0 Å². The van der Waals surface area contributed by atoms with E-state index in [9.17, 15) is 0 Å². The van der Waals surface area contributed by atoms with Crippen LogP contribution in [0.2, 0.25) is 5.02 Å². The number of methoxy groups -OCH3 is 1. The molecule has 0 radical (unpaired) electrons. The quantitative estimate of drug-likeness (QED) is 0.321. The summed E-state index contributed by atoms with van der Waals surface area (Å²) in [6.45, 7) is 10.2. The van der Waals surface area contributed by atoms with Crippen molar-refractivity contribution in [3.8, 4) is 17.2 Å². The fraction of sp³-hybridized carbons (Fsp3) is 0.345. The summed E-state index contributed by atoms with van der Waals surface area (Å²) in [5.41, 5.74) is 4.52. The highest BCUT2D eigenvalue weighted by Crippen LogP contribution is 2.45. The Morgan fingerprint density at radius 2 is 1.65 bits per heavy atom. The van der Waals surface area contributed by atoms with Gasteiger partial charge in [0.1, 0.15) is 17.2 Å². The van der Waals surface area contributed by atoms with Crippen molar-refractivity contribution in [3.63, 3.8) is 0 Å². The van der Waals surface area contributed by atoms with Crippen LogP contribution in [0.15, 0.2) is 65.7 Å². The summed E-state index contributed by atoms with van der Waals surface area (Å²) in [6, 6.07) is 19.6. The number of hydrogen-bond donors (Lipinski definition) is 0. The Labute approximate surface area is 208 Å². The van der Waals surface area contributed by atoms with E-state index < -0.39 is 0 Å². The molecular weight excluding hydrogens is 444 g/mol.